The van der Waals surface area contributed by atoms with Crippen molar-refractivity contribution in [1.29, 1.82) is 0 Å². The molecule has 0 atom stereocenters. The fraction of sp³-hybridized carbons (Fsp3) is 0.800. The van der Waals surface area contributed by atoms with Gasteiger partial charge in [-0.15, -0.1) is 11.3 Å². The molecule has 0 aliphatic heterocycles. The second-order valence-corrected chi connectivity index (χ2v) is 8.40. The average Bonchev–Trinajstić information content (AvgIpc) is 2.98. The molecule has 5 nitrogen and oxygen atoms in total. The molecule has 1 aromatic rings. The van der Waals surface area contributed by atoms with Gasteiger partial charge in [0.05, 0.1) is 16.8 Å². The Kier molecular flexibility index (Phi) is 10.00. The number of aliphatic imine (C=N–C) groups is 1. The van der Waals surface area contributed by atoms with E-state index in [1.165, 1.54) is 48.4 Å². The van der Waals surface area contributed by atoms with Gasteiger partial charge in [0.2, 0.25) is 0 Å². The van der Waals surface area contributed by atoms with Gasteiger partial charge in [-0.25, -0.2) is 4.98 Å². The van der Waals surface area contributed by atoms with Crippen LogP contribution in [0.4, 0.5) is 0 Å². The molecule has 1 fully saturated rings. The Morgan fingerprint density at radius 3 is 2.58 bits per heavy atom. The topological polar surface area (TPSA) is 58.5 Å². The Hall–Kier alpha value is -1.14. The number of rotatable bonds is 10. The van der Waals surface area contributed by atoms with Crippen molar-refractivity contribution in [2.75, 3.05) is 26.7 Å². The summed E-state index contributed by atoms with van der Waals surface area (Å²) in [6.45, 7) is 6.94. The number of hydrogen-bond donors (Lipinski definition) is 2. The van der Waals surface area contributed by atoms with Crippen LogP contribution in [0.1, 0.15) is 66.9 Å². The molecule has 148 valence electrons. The minimum atomic E-state index is 0.537. The zero-order chi connectivity index (χ0) is 18.6. The van der Waals surface area contributed by atoms with E-state index in [-0.39, 0.29) is 0 Å². The third-order valence-electron chi connectivity index (χ3n) is 4.95. The van der Waals surface area contributed by atoms with E-state index in [1.54, 1.807) is 11.3 Å². The molecule has 0 bridgehead atoms. The van der Waals surface area contributed by atoms with E-state index in [0.29, 0.717) is 6.10 Å². The van der Waals surface area contributed by atoms with Crippen LogP contribution in [0.3, 0.4) is 0 Å². The van der Waals surface area contributed by atoms with Gasteiger partial charge in [-0.1, -0.05) is 19.3 Å². The molecule has 0 amide bonds. The summed E-state index contributed by atoms with van der Waals surface area (Å²) < 4.78 is 5.98. The van der Waals surface area contributed by atoms with Crippen LogP contribution >= 0.6 is 11.3 Å². The number of nitrogens with one attached hydrogen (secondary N) is 2. The maximum absolute atomic E-state index is 5.98. The van der Waals surface area contributed by atoms with Crippen molar-refractivity contribution in [1.82, 2.24) is 15.6 Å². The van der Waals surface area contributed by atoms with Gasteiger partial charge in [-0.2, -0.15) is 0 Å². The highest BCUT2D eigenvalue weighted by atomic mass is 32.1. The molecular formula is C20H36N4OS. The first-order chi connectivity index (χ1) is 12.7. The highest BCUT2D eigenvalue weighted by Gasteiger charge is 2.12. The van der Waals surface area contributed by atoms with Crippen LogP contribution in [-0.2, 0) is 11.2 Å². The Bertz CT molecular complexity index is 518. The van der Waals surface area contributed by atoms with Crippen molar-refractivity contribution in [3.63, 3.8) is 0 Å². The molecule has 6 heteroatoms. The molecule has 1 aliphatic rings. The predicted octanol–water partition coefficient (Wildman–Crippen LogP) is 3.99. The summed E-state index contributed by atoms with van der Waals surface area (Å²) in [4.78, 5) is 10.2. The molecular weight excluding hydrogens is 344 g/mol. The fourth-order valence-electron chi connectivity index (χ4n) is 3.25. The normalized spacial score (nSPS) is 16.0. The summed E-state index contributed by atoms with van der Waals surface area (Å²) in [6.07, 6.45) is 11.6. The first-order valence-electron chi connectivity index (χ1n) is 10.2. The molecule has 1 saturated carbocycles. The van der Waals surface area contributed by atoms with E-state index in [9.17, 15) is 0 Å². The summed E-state index contributed by atoms with van der Waals surface area (Å²) in [5.74, 6) is 0.883. The second-order valence-electron chi connectivity index (χ2n) is 7.12. The number of unbranched alkanes of at least 4 members (excludes halogenated alkanes) is 2. The Morgan fingerprint density at radius 2 is 1.88 bits per heavy atom. The van der Waals surface area contributed by atoms with E-state index in [4.69, 9.17) is 4.74 Å². The summed E-state index contributed by atoms with van der Waals surface area (Å²) in [5.41, 5.74) is 1.15. The zero-order valence-electron chi connectivity index (χ0n) is 16.8. The maximum atomic E-state index is 5.98. The van der Waals surface area contributed by atoms with Gasteiger partial charge in [0.25, 0.3) is 0 Å². The summed E-state index contributed by atoms with van der Waals surface area (Å²) >= 11 is 1.79. The van der Waals surface area contributed by atoms with Gasteiger partial charge in [-0.3, -0.25) is 4.99 Å². The van der Waals surface area contributed by atoms with Crippen molar-refractivity contribution < 1.29 is 4.74 Å². The lowest BCUT2D eigenvalue weighted by atomic mass is 9.98. The van der Waals surface area contributed by atoms with E-state index in [1.807, 2.05) is 7.05 Å². The van der Waals surface area contributed by atoms with Gasteiger partial charge in [-0.05, 0) is 46.0 Å². The van der Waals surface area contributed by atoms with E-state index in [0.717, 1.165) is 50.6 Å². The van der Waals surface area contributed by atoms with E-state index < -0.39 is 0 Å². The summed E-state index contributed by atoms with van der Waals surface area (Å²) in [6, 6.07) is 0. The van der Waals surface area contributed by atoms with Crippen molar-refractivity contribution in [2.24, 2.45) is 4.99 Å². The number of hydrogen-bond acceptors (Lipinski definition) is 4. The second kappa shape index (κ2) is 12.3. The van der Waals surface area contributed by atoms with Crippen LogP contribution in [-0.4, -0.2) is 43.8 Å². The first-order valence-corrected chi connectivity index (χ1v) is 11.0. The number of nitrogens with zero attached hydrogens (tertiary/aromatic N) is 2. The molecule has 0 unspecified atom stereocenters. The lowest BCUT2D eigenvalue weighted by Crippen LogP contribution is -2.38. The number of guanidine groups is 1. The van der Waals surface area contributed by atoms with Crippen molar-refractivity contribution >= 4 is 17.3 Å². The summed E-state index contributed by atoms with van der Waals surface area (Å²) in [7, 11) is 1.82. The SMILES string of the molecule is CN=C(NCCCCCOC1CCCCC1)NCCc1nc(C)c(C)s1. The Morgan fingerprint density at radius 1 is 1.12 bits per heavy atom. The molecule has 0 spiro atoms. The Labute approximate surface area is 163 Å². The van der Waals surface area contributed by atoms with Crippen LogP contribution in [0.5, 0.6) is 0 Å². The van der Waals surface area contributed by atoms with Gasteiger partial charge in [0.15, 0.2) is 5.96 Å². The number of aromatic nitrogens is 1. The molecule has 2 rings (SSSR count). The number of thiazole rings is 1. The summed E-state index contributed by atoms with van der Waals surface area (Å²) in [5, 5.41) is 7.96. The van der Waals surface area contributed by atoms with Crippen molar-refractivity contribution in [3.8, 4) is 0 Å². The molecule has 0 saturated heterocycles. The van der Waals surface area contributed by atoms with Crippen molar-refractivity contribution in [3.05, 3.63) is 15.6 Å². The van der Waals surface area contributed by atoms with Crippen LogP contribution in [0.15, 0.2) is 4.99 Å². The number of aryl methyl sites for hydroxylation is 2. The minimum Gasteiger partial charge on any atom is -0.378 e. The first kappa shape index (κ1) is 21.2. The Balaban J connectivity index is 1.46. The third-order valence-corrected chi connectivity index (χ3v) is 6.08. The average molecular weight is 381 g/mol. The highest BCUT2D eigenvalue weighted by Crippen LogP contribution is 2.20. The molecule has 26 heavy (non-hydrogen) atoms. The third kappa shape index (κ3) is 8.04. The lowest BCUT2D eigenvalue weighted by molar-refractivity contribution is 0.0264. The maximum Gasteiger partial charge on any atom is 0.190 e. The zero-order valence-corrected chi connectivity index (χ0v) is 17.6. The van der Waals surface area contributed by atoms with E-state index in [2.05, 4.69) is 34.5 Å². The van der Waals surface area contributed by atoms with Gasteiger partial charge < -0.3 is 15.4 Å². The predicted molar refractivity (Wildman–Crippen MR) is 111 cm³/mol. The molecule has 1 heterocycles. The van der Waals surface area contributed by atoms with Crippen LogP contribution in [0.2, 0.25) is 0 Å². The molecule has 1 aromatic heterocycles. The smallest absolute Gasteiger partial charge is 0.190 e. The van der Waals surface area contributed by atoms with Gasteiger partial charge in [0.1, 0.15) is 0 Å². The largest absolute Gasteiger partial charge is 0.378 e. The monoisotopic (exact) mass is 380 g/mol. The van der Waals surface area contributed by atoms with Crippen LogP contribution in [0, 0.1) is 13.8 Å². The lowest BCUT2D eigenvalue weighted by Gasteiger charge is -2.21. The fourth-order valence-corrected chi connectivity index (χ4v) is 4.18. The highest BCUT2D eigenvalue weighted by molar-refractivity contribution is 7.11. The van der Waals surface area contributed by atoms with Crippen molar-refractivity contribution in [2.45, 2.75) is 77.7 Å². The molecule has 0 aromatic carbocycles. The van der Waals surface area contributed by atoms with Gasteiger partial charge in [0, 0.05) is 38.0 Å². The standard InChI is InChI=1S/C20H36N4OS/c1-16-17(2)26-19(24-16)12-14-23-20(21-3)22-13-8-5-9-15-25-18-10-6-4-7-11-18/h18H,4-15H2,1-3H3,(H2,21,22,23). The van der Waals surface area contributed by atoms with Gasteiger partial charge >= 0.3 is 0 Å². The molecule has 0 radical (unpaired) electrons. The van der Waals surface area contributed by atoms with Crippen LogP contribution in [0.25, 0.3) is 0 Å². The molecule has 1 aliphatic carbocycles. The van der Waals surface area contributed by atoms with Crippen LogP contribution < -0.4 is 10.6 Å². The minimum absolute atomic E-state index is 0.537. The molecule has 2 N–H and O–H groups in total. The quantitative estimate of drug-likeness (QED) is 0.366. The number of ether oxygens (including phenoxy) is 1. The van der Waals surface area contributed by atoms with E-state index >= 15 is 0 Å².